The fraction of sp³-hybridized carbons (Fsp3) is 0.412. The van der Waals surface area contributed by atoms with Crippen molar-refractivity contribution < 1.29 is 9.53 Å². The maximum Gasteiger partial charge on any atom is 0.223 e. The Morgan fingerprint density at radius 2 is 2.30 bits per heavy atom. The van der Waals surface area contributed by atoms with Crippen LogP contribution in [0.3, 0.4) is 0 Å². The Balaban J connectivity index is 1.46. The molecule has 2 heterocycles. The van der Waals surface area contributed by atoms with Gasteiger partial charge in [-0.15, -0.1) is 11.3 Å². The van der Waals surface area contributed by atoms with Crippen molar-refractivity contribution in [1.82, 2.24) is 10.3 Å². The van der Waals surface area contributed by atoms with Gasteiger partial charge >= 0.3 is 0 Å². The monoisotopic (exact) mass is 331 g/mol. The van der Waals surface area contributed by atoms with Crippen molar-refractivity contribution in [3.8, 4) is 5.75 Å². The Labute approximate surface area is 139 Å². The SMILES string of the molecule is Nc1nc(CCCNC(=O)[C@@H]2CCOc3ccccc3C2)cs1. The summed E-state index contributed by atoms with van der Waals surface area (Å²) in [6.07, 6.45) is 3.20. The Hall–Kier alpha value is -2.08. The highest BCUT2D eigenvalue weighted by molar-refractivity contribution is 7.13. The van der Waals surface area contributed by atoms with Crippen molar-refractivity contribution >= 4 is 22.4 Å². The molecule has 23 heavy (non-hydrogen) atoms. The molecule has 3 N–H and O–H groups in total. The molecular weight excluding hydrogens is 310 g/mol. The predicted molar refractivity (Wildman–Crippen MR) is 91.6 cm³/mol. The fourth-order valence-electron chi connectivity index (χ4n) is 2.78. The van der Waals surface area contributed by atoms with Crippen LogP contribution >= 0.6 is 11.3 Å². The number of nitrogens with one attached hydrogen (secondary N) is 1. The summed E-state index contributed by atoms with van der Waals surface area (Å²) in [5, 5.41) is 5.61. The maximum atomic E-state index is 12.4. The van der Waals surface area contributed by atoms with Gasteiger partial charge in [0.05, 0.1) is 12.3 Å². The number of nitrogens with two attached hydrogens (primary N) is 1. The van der Waals surface area contributed by atoms with Crippen LogP contribution in [-0.4, -0.2) is 24.0 Å². The number of nitrogens with zero attached hydrogens (tertiary/aromatic N) is 1. The second-order valence-corrected chi connectivity index (χ2v) is 6.61. The molecule has 1 amide bonds. The highest BCUT2D eigenvalue weighted by Crippen LogP contribution is 2.26. The van der Waals surface area contributed by atoms with Crippen LogP contribution in [0.5, 0.6) is 5.75 Å². The third kappa shape index (κ3) is 4.22. The molecule has 3 rings (SSSR count). The van der Waals surface area contributed by atoms with Gasteiger partial charge < -0.3 is 15.8 Å². The molecule has 0 saturated carbocycles. The molecule has 1 aliphatic heterocycles. The lowest BCUT2D eigenvalue weighted by Crippen LogP contribution is -2.33. The average molecular weight is 331 g/mol. The number of nitrogen functional groups attached to an aromatic ring is 1. The number of anilines is 1. The first-order valence-corrected chi connectivity index (χ1v) is 8.78. The molecule has 5 nitrogen and oxygen atoms in total. The number of carbonyl (C=O) groups is 1. The van der Waals surface area contributed by atoms with Crippen LogP contribution in [0.4, 0.5) is 5.13 Å². The summed E-state index contributed by atoms with van der Waals surface area (Å²) in [4.78, 5) is 16.6. The summed E-state index contributed by atoms with van der Waals surface area (Å²) in [6, 6.07) is 7.95. The topological polar surface area (TPSA) is 77.2 Å². The molecular formula is C17H21N3O2S. The number of ether oxygens (including phenoxy) is 1. The van der Waals surface area contributed by atoms with Gasteiger partial charge in [-0.25, -0.2) is 4.98 Å². The standard InChI is InChI=1S/C17H21N3O2S/c18-17-20-14(11-23-17)5-3-8-19-16(21)13-7-9-22-15-6-2-1-4-12(15)10-13/h1-2,4,6,11,13H,3,5,7-10H2,(H2,18,20)(H,19,21)/t13-/m1/s1. The normalized spacial score (nSPS) is 17.0. The van der Waals surface area contributed by atoms with Crippen LogP contribution in [0.25, 0.3) is 0 Å². The van der Waals surface area contributed by atoms with Crippen molar-refractivity contribution in [2.24, 2.45) is 5.92 Å². The van der Waals surface area contributed by atoms with Gasteiger partial charge in [0, 0.05) is 17.8 Å². The van der Waals surface area contributed by atoms with Crippen molar-refractivity contribution in [3.63, 3.8) is 0 Å². The van der Waals surface area contributed by atoms with Crippen molar-refractivity contribution in [1.29, 1.82) is 0 Å². The number of carbonyl (C=O) groups excluding carboxylic acids is 1. The van der Waals surface area contributed by atoms with E-state index in [1.54, 1.807) is 0 Å². The molecule has 122 valence electrons. The molecule has 0 saturated heterocycles. The summed E-state index contributed by atoms with van der Waals surface area (Å²) in [5.74, 6) is 1.00. The molecule has 0 unspecified atom stereocenters. The minimum Gasteiger partial charge on any atom is -0.493 e. The number of amides is 1. The van der Waals surface area contributed by atoms with Gasteiger partial charge in [-0.3, -0.25) is 4.79 Å². The largest absolute Gasteiger partial charge is 0.493 e. The lowest BCUT2D eigenvalue weighted by Gasteiger charge is -2.13. The predicted octanol–water partition coefficient (Wildman–Crippen LogP) is 2.42. The van der Waals surface area contributed by atoms with Crippen LogP contribution in [-0.2, 0) is 17.6 Å². The minimum absolute atomic E-state index is 0.0198. The Morgan fingerprint density at radius 1 is 1.43 bits per heavy atom. The lowest BCUT2D eigenvalue weighted by molar-refractivity contribution is -0.125. The second kappa shape index (κ2) is 7.46. The highest BCUT2D eigenvalue weighted by Gasteiger charge is 2.23. The van der Waals surface area contributed by atoms with Gasteiger partial charge in [0.15, 0.2) is 5.13 Å². The third-order valence-electron chi connectivity index (χ3n) is 4.01. The van der Waals surface area contributed by atoms with E-state index in [4.69, 9.17) is 10.5 Å². The molecule has 0 aliphatic carbocycles. The van der Waals surface area contributed by atoms with Gasteiger partial charge in [-0.2, -0.15) is 0 Å². The van der Waals surface area contributed by atoms with Crippen molar-refractivity contribution in [3.05, 3.63) is 40.9 Å². The number of rotatable bonds is 5. The van der Waals surface area contributed by atoms with E-state index in [2.05, 4.69) is 10.3 Å². The molecule has 0 bridgehead atoms. The van der Waals surface area contributed by atoms with Crippen LogP contribution in [0.15, 0.2) is 29.6 Å². The van der Waals surface area contributed by atoms with E-state index in [-0.39, 0.29) is 11.8 Å². The smallest absolute Gasteiger partial charge is 0.223 e. The van der Waals surface area contributed by atoms with Crippen molar-refractivity contribution in [2.75, 3.05) is 18.9 Å². The zero-order valence-corrected chi connectivity index (χ0v) is 13.8. The number of hydrogen-bond acceptors (Lipinski definition) is 5. The van der Waals surface area contributed by atoms with Crippen LogP contribution < -0.4 is 15.8 Å². The first-order valence-electron chi connectivity index (χ1n) is 7.90. The number of thiazole rings is 1. The van der Waals surface area contributed by atoms with Crippen LogP contribution in [0.2, 0.25) is 0 Å². The molecule has 0 spiro atoms. The van der Waals surface area contributed by atoms with Gasteiger partial charge in [-0.05, 0) is 37.3 Å². The van der Waals surface area contributed by atoms with Gasteiger partial charge in [0.2, 0.25) is 5.91 Å². The number of benzene rings is 1. The number of aromatic nitrogens is 1. The summed E-state index contributed by atoms with van der Waals surface area (Å²) >= 11 is 1.45. The van der Waals surface area contributed by atoms with Gasteiger partial charge in [0.25, 0.3) is 0 Å². The lowest BCUT2D eigenvalue weighted by atomic mass is 9.96. The molecule has 0 radical (unpaired) electrons. The average Bonchev–Trinajstić information content (AvgIpc) is 2.84. The van der Waals surface area contributed by atoms with E-state index < -0.39 is 0 Å². The molecule has 1 aromatic carbocycles. The van der Waals surface area contributed by atoms with Crippen LogP contribution in [0.1, 0.15) is 24.1 Å². The van der Waals surface area contributed by atoms with Gasteiger partial charge in [0.1, 0.15) is 5.75 Å². The quantitative estimate of drug-likeness (QED) is 0.825. The Morgan fingerprint density at radius 3 is 3.13 bits per heavy atom. The zero-order valence-electron chi connectivity index (χ0n) is 13.0. The summed E-state index contributed by atoms with van der Waals surface area (Å²) < 4.78 is 5.72. The first-order chi connectivity index (χ1) is 11.2. The van der Waals surface area contributed by atoms with Crippen molar-refractivity contribution in [2.45, 2.75) is 25.7 Å². The Kier molecular flexibility index (Phi) is 5.12. The number of hydrogen-bond donors (Lipinski definition) is 2. The molecule has 1 aromatic heterocycles. The Bertz CT molecular complexity index is 671. The third-order valence-corrected chi connectivity index (χ3v) is 4.73. The zero-order chi connectivity index (χ0) is 16.1. The van der Waals surface area contributed by atoms with E-state index in [9.17, 15) is 4.79 Å². The number of aryl methyl sites for hydroxylation is 1. The summed E-state index contributed by atoms with van der Waals surface area (Å²) in [5.41, 5.74) is 7.72. The number of para-hydroxylation sites is 1. The van der Waals surface area contributed by atoms with E-state index in [0.29, 0.717) is 18.3 Å². The van der Waals surface area contributed by atoms with E-state index in [0.717, 1.165) is 42.7 Å². The number of fused-ring (bicyclic) bond motifs is 1. The van der Waals surface area contributed by atoms with E-state index in [1.165, 1.54) is 11.3 Å². The molecule has 2 aromatic rings. The highest BCUT2D eigenvalue weighted by atomic mass is 32.1. The molecule has 1 aliphatic rings. The fourth-order valence-corrected chi connectivity index (χ4v) is 3.38. The maximum absolute atomic E-state index is 12.4. The molecule has 1 atom stereocenters. The summed E-state index contributed by atoms with van der Waals surface area (Å²) in [7, 11) is 0. The van der Waals surface area contributed by atoms with E-state index in [1.807, 2.05) is 29.6 Å². The summed E-state index contributed by atoms with van der Waals surface area (Å²) in [6.45, 7) is 1.25. The van der Waals surface area contributed by atoms with E-state index >= 15 is 0 Å². The van der Waals surface area contributed by atoms with Crippen LogP contribution in [0, 0.1) is 5.92 Å². The van der Waals surface area contributed by atoms with Gasteiger partial charge in [-0.1, -0.05) is 18.2 Å². The minimum atomic E-state index is -0.0198. The second-order valence-electron chi connectivity index (χ2n) is 5.72. The first kappa shape index (κ1) is 15.8. The molecule has 6 heteroatoms. The molecule has 0 fully saturated rings.